The average molecular weight is 453 g/mol. The third-order valence-corrected chi connectivity index (χ3v) is 5.21. The maximum absolute atomic E-state index is 13.8. The molecule has 0 unspecified atom stereocenters. The number of aryl methyl sites for hydroxylation is 1. The molecule has 0 aliphatic heterocycles. The van der Waals surface area contributed by atoms with Crippen molar-refractivity contribution in [1.29, 1.82) is 0 Å². The van der Waals surface area contributed by atoms with Gasteiger partial charge in [0.1, 0.15) is 16.8 Å². The Balaban J connectivity index is 1.82. The van der Waals surface area contributed by atoms with E-state index in [1.807, 2.05) is 0 Å². The summed E-state index contributed by atoms with van der Waals surface area (Å²) >= 11 is 0. The molecule has 0 aliphatic carbocycles. The predicted molar refractivity (Wildman–Crippen MR) is 113 cm³/mol. The summed E-state index contributed by atoms with van der Waals surface area (Å²) in [5, 5.41) is 2.14. The molecule has 166 valence electrons. The third-order valence-electron chi connectivity index (χ3n) is 5.21. The normalized spacial score (nSPS) is 12.0. The van der Waals surface area contributed by atoms with Gasteiger partial charge in [0.25, 0.3) is 11.5 Å². The lowest BCUT2D eigenvalue weighted by atomic mass is 10.1. The molecule has 0 spiro atoms. The van der Waals surface area contributed by atoms with Crippen LogP contribution in [0.1, 0.15) is 21.7 Å². The molecule has 3 aromatic heterocycles. The van der Waals surface area contributed by atoms with E-state index in [9.17, 15) is 22.8 Å². The highest BCUT2D eigenvalue weighted by Gasteiger charge is 2.38. The number of amides is 1. The van der Waals surface area contributed by atoms with Crippen LogP contribution in [0.3, 0.4) is 0 Å². The van der Waals surface area contributed by atoms with Crippen molar-refractivity contribution in [2.24, 2.45) is 5.73 Å². The first-order valence-electron chi connectivity index (χ1n) is 9.64. The molecule has 0 saturated heterocycles. The first kappa shape index (κ1) is 20.5. The van der Waals surface area contributed by atoms with Crippen LogP contribution in [0, 0.1) is 6.92 Å². The van der Waals surface area contributed by atoms with Gasteiger partial charge >= 0.3 is 6.18 Å². The Bertz CT molecular complexity index is 1610. The van der Waals surface area contributed by atoms with Gasteiger partial charge in [-0.15, -0.1) is 0 Å². The number of primary amides is 1. The lowest BCUT2D eigenvalue weighted by Gasteiger charge is -2.07. The van der Waals surface area contributed by atoms with Crippen LogP contribution in [0.4, 0.5) is 13.2 Å². The van der Waals surface area contributed by atoms with Gasteiger partial charge in [-0.2, -0.15) is 17.7 Å². The van der Waals surface area contributed by atoms with Crippen LogP contribution >= 0.6 is 0 Å². The number of benzene rings is 2. The fraction of sp³-hybridized carbons (Fsp3) is 0.0909. The van der Waals surface area contributed by atoms with Crippen LogP contribution in [0.2, 0.25) is 0 Å². The summed E-state index contributed by atoms with van der Waals surface area (Å²) in [6.45, 7) is 1.47. The zero-order valence-corrected chi connectivity index (χ0v) is 16.9. The van der Waals surface area contributed by atoms with Crippen molar-refractivity contribution in [3.8, 4) is 22.6 Å². The van der Waals surface area contributed by atoms with Crippen molar-refractivity contribution >= 4 is 22.7 Å². The summed E-state index contributed by atoms with van der Waals surface area (Å²) in [6.07, 6.45) is -4.77. The van der Waals surface area contributed by atoms with Crippen molar-refractivity contribution in [3.05, 3.63) is 75.8 Å². The molecule has 0 saturated carbocycles. The zero-order chi connectivity index (χ0) is 23.5. The second kappa shape index (κ2) is 7.05. The molecule has 33 heavy (non-hydrogen) atoms. The second-order valence-corrected chi connectivity index (χ2v) is 7.30. The minimum Gasteiger partial charge on any atom is -0.436 e. The highest BCUT2D eigenvalue weighted by molar-refractivity contribution is 6.04. The molecule has 2 aromatic carbocycles. The monoisotopic (exact) mass is 453 g/mol. The first-order chi connectivity index (χ1) is 15.7. The smallest absolute Gasteiger partial charge is 0.433 e. The topological polar surface area (TPSA) is 119 Å². The Kier molecular flexibility index (Phi) is 4.38. The number of nitrogens with two attached hydrogens (primary N) is 1. The lowest BCUT2D eigenvalue weighted by molar-refractivity contribution is -0.140. The SMILES string of the molecule is Cc1nc2c(-c3ccccc3)c(C(F)(F)F)[nH]n2c(=O)c1-c1nc2c(C(N)=O)cccc2o1. The van der Waals surface area contributed by atoms with E-state index in [-0.39, 0.29) is 50.6 Å². The number of nitrogens with one attached hydrogen (secondary N) is 1. The molecule has 11 heteroatoms. The molecular weight excluding hydrogens is 439 g/mol. The van der Waals surface area contributed by atoms with Crippen molar-refractivity contribution in [1.82, 2.24) is 19.6 Å². The predicted octanol–water partition coefficient (Wildman–Crippen LogP) is 3.92. The summed E-state index contributed by atoms with van der Waals surface area (Å²) in [5.74, 6) is -0.929. The van der Waals surface area contributed by atoms with E-state index in [2.05, 4.69) is 15.1 Å². The van der Waals surface area contributed by atoms with E-state index in [4.69, 9.17) is 10.2 Å². The van der Waals surface area contributed by atoms with Crippen LogP contribution in [0.15, 0.2) is 57.7 Å². The Morgan fingerprint density at radius 3 is 2.45 bits per heavy atom. The summed E-state index contributed by atoms with van der Waals surface area (Å²) < 4.78 is 47.9. The molecule has 3 N–H and O–H groups in total. The molecule has 5 aromatic rings. The fourth-order valence-corrected chi connectivity index (χ4v) is 3.76. The minimum atomic E-state index is -4.77. The molecule has 0 aliphatic rings. The van der Waals surface area contributed by atoms with Gasteiger partial charge in [0.2, 0.25) is 5.89 Å². The van der Waals surface area contributed by atoms with Gasteiger partial charge < -0.3 is 10.2 Å². The Morgan fingerprint density at radius 1 is 1.06 bits per heavy atom. The number of H-pyrrole nitrogens is 1. The van der Waals surface area contributed by atoms with E-state index < -0.39 is 23.3 Å². The number of oxazole rings is 1. The average Bonchev–Trinajstić information content (AvgIpc) is 3.35. The van der Waals surface area contributed by atoms with E-state index in [1.54, 1.807) is 18.2 Å². The number of alkyl halides is 3. The van der Waals surface area contributed by atoms with Crippen LogP contribution in [-0.2, 0) is 6.18 Å². The largest absolute Gasteiger partial charge is 0.436 e. The van der Waals surface area contributed by atoms with Gasteiger partial charge in [0, 0.05) is 0 Å². The van der Waals surface area contributed by atoms with Gasteiger partial charge in [-0.1, -0.05) is 36.4 Å². The van der Waals surface area contributed by atoms with Crippen LogP contribution in [0.25, 0.3) is 39.3 Å². The Hall–Kier alpha value is -4.41. The Morgan fingerprint density at radius 2 is 1.79 bits per heavy atom. The third kappa shape index (κ3) is 3.16. The number of para-hydroxylation sites is 1. The number of carbonyl (C=O) groups excluding carboxylic acids is 1. The highest BCUT2D eigenvalue weighted by atomic mass is 19.4. The van der Waals surface area contributed by atoms with Crippen LogP contribution < -0.4 is 11.3 Å². The van der Waals surface area contributed by atoms with Gasteiger partial charge in [0.05, 0.1) is 16.8 Å². The van der Waals surface area contributed by atoms with E-state index in [0.717, 1.165) is 4.52 Å². The van der Waals surface area contributed by atoms with Crippen molar-refractivity contribution in [3.63, 3.8) is 0 Å². The van der Waals surface area contributed by atoms with Crippen LogP contribution in [0.5, 0.6) is 0 Å². The van der Waals surface area contributed by atoms with Gasteiger partial charge in [-0.3, -0.25) is 14.7 Å². The molecule has 5 rings (SSSR count). The molecule has 0 radical (unpaired) electrons. The standard InChI is InChI=1S/C22H14F3N5O3/c1-10-14(20-28-16-12(18(26)31)8-5-9-13(16)33-20)21(32)30-19(27-10)15(11-6-3-2-4-7-11)17(29-30)22(23,24)25/h2-9,29H,1H3,(H2,26,31). The van der Waals surface area contributed by atoms with Crippen molar-refractivity contribution in [2.75, 3.05) is 0 Å². The molecule has 0 bridgehead atoms. The molecule has 1 amide bonds. The summed E-state index contributed by atoms with van der Waals surface area (Å²) in [5.41, 5.74) is 3.61. The molecule has 0 atom stereocenters. The van der Waals surface area contributed by atoms with Crippen molar-refractivity contribution < 1.29 is 22.4 Å². The summed E-state index contributed by atoms with van der Waals surface area (Å²) in [4.78, 5) is 33.5. The molecule has 3 heterocycles. The van der Waals surface area contributed by atoms with Gasteiger partial charge in [-0.05, 0) is 24.6 Å². The van der Waals surface area contributed by atoms with Gasteiger partial charge in [0.15, 0.2) is 11.2 Å². The number of fused-ring (bicyclic) bond motifs is 2. The maximum Gasteiger partial charge on any atom is 0.433 e. The number of carbonyl (C=O) groups is 1. The number of hydrogen-bond acceptors (Lipinski definition) is 5. The lowest BCUT2D eigenvalue weighted by Crippen LogP contribution is -2.20. The van der Waals surface area contributed by atoms with Crippen LogP contribution in [-0.4, -0.2) is 25.5 Å². The number of halogens is 3. The quantitative estimate of drug-likeness (QED) is 0.429. The van der Waals surface area contributed by atoms with Gasteiger partial charge in [-0.25, -0.2) is 9.97 Å². The Labute approximate surface area is 182 Å². The molecular formula is C22H14F3N5O3. The summed E-state index contributed by atoms with van der Waals surface area (Å²) in [6, 6.07) is 12.4. The van der Waals surface area contributed by atoms with E-state index >= 15 is 0 Å². The van der Waals surface area contributed by atoms with Crippen molar-refractivity contribution in [2.45, 2.75) is 13.1 Å². The number of hydrogen-bond donors (Lipinski definition) is 2. The maximum atomic E-state index is 13.8. The first-order valence-corrected chi connectivity index (χ1v) is 9.64. The number of rotatable bonds is 3. The second-order valence-electron chi connectivity index (χ2n) is 7.30. The highest BCUT2D eigenvalue weighted by Crippen LogP contribution is 2.38. The fourth-order valence-electron chi connectivity index (χ4n) is 3.76. The number of aromatic nitrogens is 4. The summed E-state index contributed by atoms with van der Waals surface area (Å²) in [7, 11) is 0. The van der Waals surface area contributed by atoms with E-state index in [1.165, 1.54) is 37.3 Å². The number of nitrogens with zero attached hydrogens (tertiary/aromatic N) is 3. The molecule has 8 nitrogen and oxygen atoms in total. The number of aromatic amines is 1. The zero-order valence-electron chi connectivity index (χ0n) is 16.9. The minimum absolute atomic E-state index is 0.0832. The molecule has 0 fully saturated rings. The van der Waals surface area contributed by atoms with E-state index in [0.29, 0.717) is 0 Å².